The number of amides is 1. The number of carbonyl (C=O) groups is 1. The number of hydrogen-bond donors (Lipinski definition) is 4. The number of rotatable bonds is 9. The van der Waals surface area contributed by atoms with Gasteiger partial charge in [0.2, 0.25) is 16.0 Å². The van der Waals surface area contributed by atoms with Crippen LogP contribution in [0.4, 0.5) is 11.6 Å². The van der Waals surface area contributed by atoms with Gasteiger partial charge in [0.1, 0.15) is 0 Å². The zero-order valence-electron chi connectivity index (χ0n) is 21.2. The first-order valence-corrected chi connectivity index (χ1v) is 13.1. The predicted octanol–water partition coefficient (Wildman–Crippen LogP) is 3.23. The molecule has 0 spiro atoms. The van der Waals surface area contributed by atoms with E-state index in [2.05, 4.69) is 25.3 Å². The Balaban J connectivity index is 1.81. The quantitative estimate of drug-likeness (QED) is 0.347. The molecule has 0 saturated heterocycles. The third kappa shape index (κ3) is 7.33. The lowest BCUT2D eigenvalue weighted by atomic mass is 10.1. The number of hydrogen-bond acceptors (Lipinski definition) is 7. The molecule has 0 saturated carbocycles. The van der Waals surface area contributed by atoms with Crippen LogP contribution in [-0.4, -0.2) is 48.1 Å². The van der Waals surface area contributed by atoms with Gasteiger partial charge in [-0.05, 0) is 82.1 Å². The average molecular weight is 512 g/mol. The molecule has 10 heteroatoms. The first kappa shape index (κ1) is 27.3. The highest BCUT2D eigenvalue weighted by Gasteiger charge is 2.22. The van der Waals surface area contributed by atoms with Gasteiger partial charge in [0.05, 0.1) is 17.2 Å². The Kier molecular flexibility index (Phi) is 8.44. The van der Waals surface area contributed by atoms with E-state index in [1.54, 1.807) is 63.2 Å². The number of anilines is 2. The molecule has 2 aromatic carbocycles. The second-order valence-electron chi connectivity index (χ2n) is 9.57. The monoisotopic (exact) mass is 511 g/mol. The van der Waals surface area contributed by atoms with Crippen molar-refractivity contribution in [3.8, 4) is 0 Å². The van der Waals surface area contributed by atoms with Gasteiger partial charge in [-0.2, -0.15) is 0 Å². The van der Waals surface area contributed by atoms with Crippen molar-refractivity contribution < 1.29 is 18.3 Å². The molecule has 3 aromatic rings. The highest BCUT2D eigenvalue weighted by atomic mass is 32.2. The summed E-state index contributed by atoms with van der Waals surface area (Å²) < 4.78 is 28.2. The normalized spacial score (nSPS) is 11.8. The smallest absolute Gasteiger partial charge is 0.251 e. The summed E-state index contributed by atoms with van der Waals surface area (Å²) in [6.07, 6.45) is 0.437. The fourth-order valence-corrected chi connectivity index (χ4v) is 4.99. The summed E-state index contributed by atoms with van der Waals surface area (Å²) in [5.41, 5.74) is 3.94. The summed E-state index contributed by atoms with van der Waals surface area (Å²) in [6.45, 7) is 9.32. The van der Waals surface area contributed by atoms with E-state index in [-0.39, 0.29) is 24.0 Å². The molecule has 0 unspecified atom stereocenters. The number of aryl methyl sites for hydroxylation is 1. The van der Waals surface area contributed by atoms with Gasteiger partial charge in [-0.1, -0.05) is 12.1 Å². The summed E-state index contributed by atoms with van der Waals surface area (Å²) in [7, 11) is -3.65. The lowest BCUT2D eigenvalue weighted by molar-refractivity contribution is 0.0945. The standard InChI is InChI=1S/C26H33N5O4S/c1-17-18(2)28-25(29-21-11-9-20(10-12-21)24(33)27-13-14-32)30-23(17)16-19-7-6-8-22(15-19)36(34,35)31-26(3,4)5/h6-12,15,31-32H,13-14,16H2,1-5H3,(H,27,33)(H,28,29,30). The fourth-order valence-electron chi connectivity index (χ4n) is 3.50. The fraction of sp³-hybridized carbons (Fsp3) is 0.346. The molecule has 1 amide bonds. The van der Waals surface area contributed by atoms with Crippen molar-refractivity contribution in [2.75, 3.05) is 18.5 Å². The topological polar surface area (TPSA) is 133 Å². The number of nitrogens with zero attached hydrogens (tertiary/aromatic N) is 2. The molecule has 0 radical (unpaired) electrons. The van der Waals surface area contributed by atoms with Crippen LogP contribution in [0.5, 0.6) is 0 Å². The molecule has 9 nitrogen and oxygen atoms in total. The highest BCUT2D eigenvalue weighted by molar-refractivity contribution is 7.89. The van der Waals surface area contributed by atoms with Gasteiger partial charge < -0.3 is 15.7 Å². The maximum Gasteiger partial charge on any atom is 0.251 e. The number of benzene rings is 2. The van der Waals surface area contributed by atoms with Crippen LogP contribution >= 0.6 is 0 Å². The number of sulfonamides is 1. The van der Waals surface area contributed by atoms with E-state index in [1.165, 1.54) is 0 Å². The Morgan fingerprint density at radius 1 is 1.03 bits per heavy atom. The molecule has 0 bridgehead atoms. The van der Waals surface area contributed by atoms with Gasteiger partial charge >= 0.3 is 0 Å². The largest absolute Gasteiger partial charge is 0.395 e. The molecule has 0 fully saturated rings. The molecular formula is C26H33N5O4S. The van der Waals surface area contributed by atoms with Crippen molar-refractivity contribution in [1.29, 1.82) is 0 Å². The third-order valence-corrected chi connectivity index (χ3v) is 7.07. The van der Waals surface area contributed by atoms with Crippen LogP contribution in [0.3, 0.4) is 0 Å². The van der Waals surface area contributed by atoms with E-state index in [0.29, 0.717) is 23.6 Å². The Bertz CT molecular complexity index is 1330. The van der Waals surface area contributed by atoms with E-state index in [0.717, 1.165) is 22.5 Å². The van der Waals surface area contributed by atoms with Crippen molar-refractivity contribution >= 4 is 27.6 Å². The molecule has 3 rings (SSSR count). The molecule has 0 aliphatic carbocycles. The van der Waals surface area contributed by atoms with E-state index in [1.807, 2.05) is 19.9 Å². The summed E-state index contributed by atoms with van der Waals surface area (Å²) >= 11 is 0. The van der Waals surface area contributed by atoms with Crippen molar-refractivity contribution in [3.63, 3.8) is 0 Å². The minimum absolute atomic E-state index is 0.119. The summed E-state index contributed by atoms with van der Waals surface area (Å²) in [5.74, 6) is 0.144. The predicted molar refractivity (Wildman–Crippen MR) is 140 cm³/mol. The number of aliphatic hydroxyl groups excluding tert-OH is 1. The first-order valence-electron chi connectivity index (χ1n) is 11.6. The number of nitrogens with one attached hydrogen (secondary N) is 3. The Morgan fingerprint density at radius 2 is 1.72 bits per heavy atom. The lowest BCUT2D eigenvalue weighted by Gasteiger charge is -2.20. The molecule has 192 valence electrons. The molecule has 0 atom stereocenters. The van der Waals surface area contributed by atoms with Crippen LogP contribution in [0.25, 0.3) is 0 Å². The van der Waals surface area contributed by atoms with Crippen molar-refractivity contribution in [2.45, 2.75) is 51.5 Å². The molecule has 1 aromatic heterocycles. The highest BCUT2D eigenvalue weighted by Crippen LogP contribution is 2.21. The van der Waals surface area contributed by atoms with Gasteiger partial charge in [-0.15, -0.1) is 0 Å². The summed E-state index contributed by atoms with van der Waals surface area (Å²) in [5, 5.41) is 14.6. The van der Waals surface area contributed by atoms with Crippen LogP contribution in [0.2, 0.25) is 0 Å². The molecule has 36 heavy (non-hydrogen) atoms. The van der Waals surface area contributed by atoms with Crippen LogP contribution in [0.1, 0.15) is 53.6 Å². The second kappa shape index (κ2) is 11.2. The molecule has 4 N–H and O–H groups in total. The maximum atomic E-state index is 12.8. The van der Waals surface area contributed by atoms with Gasteiger partial charge in [0.15, 0.2) is 0 Å². The van der Waals surface area contributed by atoms with E-state index >= 15 is 0 Å². The number of carbonyl (C=O) groups excluding carboxylic acids is 1. The lowest BCUT2D eigenvalue weighted by Crippen LogP contribution is -2.40. The minimum atomic E-state index is -3.65. The van der Waals surface area contributed by atoms with Gasteiger partial charge in [-0.3, -0.25) is 4.79 Å². The van der Waals surface area contributed by atoms with E-state index < -0.39 is 15.6 Å². The SMILES string of the molecule is Cc1nc(Nc2ccc(C(=O)NCCO)cc2)nc(Cc2cccc(S(=O)(=O)NC(C)(C)C)c2)c1C. The summed E-state index contributed by atoms with van der Waals surface area (Å²) in [4.78, 5) is 21.4. The number of aliphatic hydroxyl groups is 1. The zero-order valence-corrected chi connectivity index (χ0v) is 22.0. The molecule has 1 heterocycles. The zero-order chi connectivity index (χ0) is 26.5. The third-order valence-electron chi connectivity index (χ3n) is 5.31. The minimum Gasteiger partial charge on any atom is -0.395 e. The Hall–Kier alpha value is -3.34. The van der Waals surface area contributed by atoms with Crippen LogP contribution < -0.4 is 15.4 Å². The Morgan fingerprint density at radius 3 is 2.36 bits per heavy atom. The molecule has 0 aliphatic rings. The van der Waals surface area contributed by atoms with E-state index in [9.17, 15) is 13.2 Å². The van der Waals surface area contributed by atoms with E-state index in [4.69, 9.17) is 5.11 Å². The Labute approximate surface area is 212 Å². The second-order valence-corrected chi connectivity index (χ2v) is 11.2. The van der Waals surface area contributed by atoms with Gasteiger partial charge in [0.25, 0.3) is 5.91 Å². The average Bonchev–Trinajstić information content (AvgIpc) is 2.80. The van der Waals surface area contributed by atoms with Crippen molar-refractivity contribution in [2.24, 2.45) is 0 Å². The van der Waals surface area contributed by atoms with Gasteiger partial charge in [-0.25, -0.2) is 23.1 Å². The van der Waals surface area contributed by atoms with Gasteiger partial charge in [0, 0.05) is 35.4 Å². The maximum absolute atomic E-state index is 12.8. The summed E-state index contributed by atoms with van der Waals surface area (Å²) in [6, 6.07) is 13.7. The van der Waals surface area contributed by atoms with Crippen molar-refractivity contribution in [1.82, 2.24) is 20.0 Å². The molecular weight excluding hydrogens is 478 g/mol. The van der Waals surface area contributed by atoms with Crippen molar-refractivity contribution in [3.05, 3.63) is 76.6 Å². The number of aromatic nitrogens is 2. The molecule has 0 aliphatic heterocycles. The van der Waals surface area contributed by atoms with Crippen LogP contribution in [0, 0.1) is 13.8 Å². The first-order chi connectivity index (χ1) is 16.9. The van der Waals surface area contributed by atoms with Crippen LogP contribution in [-0.2, 0) is 16.4 Å². The van der Waals surface area contributed by atoms with Crippen LogP contribution in [0.15, 0.2) is 53.4 Å².